The fourth-order valence-electron chi connectivity index (χ4n) is 4.09. The van der Waals surface area contributed by atoms with E-state index >= 15 is 0 Å². The Kier molecular flexibility index (Phi) is 5.98. The van der Waals surface area contributed by atoms with Crippen molar-refractivity contribution in [2.24, 2.45) is 0 Å². The summed E-state index contributed by atoms with van der Waals surface area (Å²) in [5.41, 5.74) is 1.66. The molecule has 0 atom stereocenters. The Hall–Kier alpha value is -1.20. The fraction of sp³-hybridized carbons (Fsp3) is 0.455. The Labute approximate surface area is 171 Å². The highest BCUT2D eigenvalue weighted by Gasteiger charge is 2.33. The number of fused-ring (bicyclic) bond motifs is 1. The molecular formula is C22H27ClN2OS. The Morgan fingerprint density at radius 2 is 1.70 bits per heavy atom. The van der Waals surface area contributed by atoms with E-state index in [1.54, 1.807) is 0 Å². The lowest BCUT2D eigenvalue weighted by molar-refractivity contribution is -0.0252. The topological polar surface area (TPSA) is 26.7 Å². The van der Waals surface area contributed by atoms with Crippen molar-refractivity contribution >= 4 is 29.1 Å². The van der Waals surface area contributed by atoms with E-state index in [9.17, 15) is 5.11 Å². The molecule has 2 aliphatic heterocycles. The van der Waals surface area contributed by atoms with Crippen LogP contribution in [-0.2, 0) is 5.60 Å². The van der Waals surface area contributed by atoms with Crippen LogP contribution in [0.25, 0.3) is 0 Å². The van der Waals surface area contributed by atoms with Crippen LogP contribution < -0.4 is 4.90 Å². The number of para-hydroxylation sites is 1. The molecule has 0 amide bonds. The van der Waals surface area contributed by atoms with Crippen molar-refractivity contribution in [2.75, 3.05) is 43.4 Å². The summed E-state index contributed by atoms with van der Waals surface area (Å²) in [7, 11) is 0. The Morgan fingerprint density at radius 1 is 0.963 bits per heavy atom. The second kappa shape index (κ2) is 8.44. The predicted octanol–water partition coefficient (Wildman–Crippen LogP) is 4.63. The molecule has 27 heavy (non-hydrogen) atoms. The van der Waals surface area contributed by atoms with Crippen molar-refractivity contribution < 1.29 is 5.11 Å². The molecule has 3 nitrogen and oxygen atoms in total. The van der Waals surface area contributed by atoms with E-state index in [2.05, 4.69) is 34.1 Å². The minimum Gasteiger partial charge on any atom is -0.385 e. The maximum Gasteiger partial charge on any atom is 0.0920 e. The first-order chi connectivity index (χ1) is 13.1. The molecule has 2 aliphatic rings. The van der Waals surface area contributed by atoms with Crippen LogP contribution in [0.4, 0.5) is 5.69 Å². The molecule has 4 rings (SSSR count). The van der Waals surface area contributed by atoms with Crippen LogP contribution in [0.15, 0.2) is 53.4 Å². The van der Waals surface area contributed by atoms with Crippen molar-refractivity contribution in [3.05, 3.63) is 59.1 Å². The van der Waals surface area contributed by atoms with Crippen molar-refractivity contribution in [1.82, 2.24) is 4.90 Å². The first-order valence-corrected chi connectivity index (χ1v) is 11.2. The number of hydrogen-bond donors (Lipinski definition) is 1. The first-order valence-electron chi connectivity index (χ1n) is 9.82. The average Bonchev–Trinajstić information content (AvgIpc) is 2.90. The van der Waals surface area contributed by atoms with Gasteiger partial charge in [0, 0.05) is 42.6 Å². The van der Waals surface area contributed by atoms with Crippen LogP contribution in [0.2, 0.25) is 5.02 Å². The minimum atomic E-state index is -0.715. The number of benzene rings is 2. The molecule has 0 aliphatic carbocycles. The number of anilines is 1. The second-order valence-electron chi connectivity index (χ2n) is 7.54. The standard InChI is InChI=1S/C22H27ClN2OS/c23-19-8-6-18(7-9-19)22(26)10-13-24(14-11-22)15-16-25-12-3-17-27-21-5-2-1-4-20(21)25/h1-2,4-9,26H,3,10-17H2. The molecule has 144 valence electrons. The number of rotatable bonds is 4. The van der Waals surface area contributed by atoms with E-state index in [0.29, 0.717) is 0 Å². The SMILES string of the molecule is OC1(c2ccc(Cl)cc2)CCN(CCN2CCCSc3ccccc32)CC1. The van der Waals surface area contributed by atoms with Gasteiger partial charge in [-0.2, -0.15) is 0 Å². The average molecular weight is 403 g/mol. The summed E-state index contributed by atoms with van der Waals surface area (Å²) in [5.74, 6) is 1.20. The van der Waals surface area contributed by atoms with Gasteiger partial charge in [-0.05, 0) is 54.8 Å². The van der Waals surface area contributed by atoms with Gasteiger partial charge in [0.05, 0.1) is 11.3 Å². The van der Waals surface area contributed by atoms with Gasteiger partial charge < -0.3 is 14.9 Å². The smallest absolute Gasteiger partial charge is 0.0920 e. The summed E-state index contributed by atoms with van der Waals surface area (Å²) in [5, 5.41) is 11.8. The highest BCUT2D eigenvalue weighted by atomic mass is 35.5. The van der Waals surface area contributed by atoms with Gasteiger partial charge in [0.2, 0.25) is 0 Å². The van der Waals surface area contributed by atoms with E-state index in [4.69, 9.17) is 11.6 Å². The van der Waals surface area contributed by atoms with Crippen LogP contribution in [0.1, 0.15) is 24.8 Å². The number of likely N-dealkylation sites (tertiary alicyclic amines) is 1. The number of halogens is 1. The normalized spacial score (nSPS) is 20.1. The highest BCUT2D eigenvalue weighted by Crippen LogP contribution is 2.35. The Morgan fingerprint density at radius 3 is 2.48 bits per heavy atom. The third-order valence-electron chi connectivity index (χ3n) is 5.79. The molecule has 5 heteroatoms. The number of thioether (sulfide) groups is 1. The lowest BCUT2D eigenvalue weighted by atomic mass is 9.84. The summed E-state index contributed by atoms with van der Waals surface area (Å²) >= 11 is 7.96. The van der Waals surface area contributed by atoms with Crippen molar-refractivity contribution in [3.63, 3.8) is 0 Å². The van der Waals surface area contributed by atoms with Crippen molar-refractivity contribution in [3.8, 4) is 0 Å². The fourth-order valence-corrected chi connectivity index (χ4v) is 5.23. The monoisotopic (exact) mass is 402 g/mol. The zero-order valence-corrected chi connectivity index (χ0v) is 17.2. The number of nitrogens with zero attached hydrogens (tertiary/aromatic N) is 2. The third-order valence-corrected chi connectivity index (χ3v) is 7.19. The van der Waals surface area contributed by atoms with E-state index in [-0.39, 0.29) is 0 Å². The van der Waals surface area contributed by atoms with Crippen LogP contribution in [0.3, 0.4) is 0 Å². The minimum absolute atomic E-state index is 0.715. The summed E-state index contributed by atoms with van der Waals surface area (Å²) in [6.45, 7) is 5.10. The van der Waals surface area contributed by atoms with E-state index < -0.39 is 5.60 Å². The largest absolute Gasteiger partial charge is 0.385 e. The molecule has 0 saturated carbocycles. The third kappa shape index (κ3) is 4.45. The van der Waals surface area contributed by atoms with Gasteiger partial charge in [-0.3, -0.25) is 0 Å². The van der Waals surface area contributed by atoms with Gasteiger partial charge in [0.15, 0.2) is 0 Å². The quantitative estimate of drug-likeness (QED) is 0.806. The van der Waals surface area contributed by atoms with Gasteiger partial charge in [-0.15, -0.1) is 11.8 Å². The van der Waals surface area contributed by atoms with Crippen LogP contribution in [0, 0.1) is 0 Å². The maximum atomic E-state index is 11.1. The summed E-state index contributed by atoms with van der Waals surface area (Å²) in [6, 6.07) is 16.4. The summed E-state index contributed by atoms with van der Waals surface area (Å²) in [6.07, 6.45) is 2.79. The molecule has 0 spiro atoms. The number of piperidine rings is 1. The van der Waals surface area contributed by atoms with Gasteiger partial charge in [-0.25, -0.2) is 0 Å². The lowest BCUT2D eigenvalue weighted by Crippen LogP contribution is -2.45. The van der Waals surface area contributed by atoms with Crippen LogP contribution in [0.5, 0.6) is 0 Å². The van der Waals surface area contributed by atoms with Gasteiger partial charge in [0.1, 0.15) is 0 Å². The first kappa shape index (κ1) is 19.1. The van der Waals surface area contributed by atoms with Gasteiger partial charge >= 0.3 is 0 Å². The zero-order chi connectivity index (χ0) is 18.7. The highest BCUT2D eigenvalue weighted by molar-refractivity contribution is 7.99. The molecule has 1 N–H and O–H groups in total. The Balaban J connectivity index is 1.34. The zero-order valence-electron chi connectivity index (χ0n) is 15.6. The molecule has 0 aromatic heterocycles. The summed E-state index contributed by atoms with van der Waals surface area (Å²) in [4.78, 5) is 6.44. The number of aliphatic hydroxyl groups is 1. The molecule has 1 fully saturated rings. The predicted molar refractivity (Wildman–Crippen MR) is 115 cm³/mol. The van der Waals surface area contributed by atoms with Crippen molar-refractivity contribution in [1.29, 1.82) is 0 Å². The molecule has 2 aromatic carbocycles. The van der Waals surface area contributed by atoms with E-state index in [1.165, 1.54) is 22.8 Å². The summed E-state index contributed by atoms with van der Waals surface area (Å²) < 4.78 is 0. The lowest BCUT2D eigenvalue weighted by Gasteiger charge is -2.39. The van der Waals surface area contributed by atoms with Crippen LogP contribution >= 0.6 is 23.4 Å². The van der Waals surface area contributed by atoms with Gasteiger partial charge in [-0.1, -0.05) is 35.9 Å². The van der Waals surface area contributed by atoms with E-state index in [1.807, 2.05) is 36.0 Å². The van der Waals surface area contributed by atoms with Gasteiger partial charge in [0.25, 0.3) is 0 Å². The molecule has 0 unspecified atom stereocenters. The molecule has 0 bridgehead atoms. The second-order valence-corrected chi connectivity index (χ2v) is 9.11. The molecule has 1 saturated heterocycles. The maximum absolute atomic E-state index is 11.1. The molecule has 0 radical (unpaired) electrons. The van der Waals surface area contributed by atoms with E-state index in [0.717, 1.165) is 56.2 Å². The molecule has 2 heterocycles. The van der Waals surface area contributed by atoms with Crippen molar-refractivity contribution in [2.45, 2.75) is 29.8 Å². The molecule has 2 aromatic rings. The van der Waals surface area contributed by atoms with Crippen LogP contribution in [-0.4, -0.2) is 48.5 Å². The Bertz CT molecular complexity index is 759. The molecular weight excluding hydrogens is 376 g/mol. The number of hydrogen-bond acceptors (Lipinski definition) is 4.